The maximum absolute atomic E-state index is 16.9. The van der Waals surface area contributed by atoms with Crippen LogP contribution in [0.5, 0.6) is 0 Å². The first-order valence-electron chi connectivity index (χ1n) is 15.2. The Bertz CT molecular complexity index is 1960. The number of nitriles is 1. The summed E-state index contributed by atoms with van der Waals surface area (Å²) < 4.78 is 62.8. The van der Waals surface area contributed by atoms with Gasteiger partial charge in [0.1, 0.15) is 11.0 Å². The number of piperidine rings is 1. The monoisotopic (exact) mass is 668 g/mol. The van der Waals surface area contributed by atoms with Crippen LogP contribution in [0.4, 0.5) is 23.4 Å². The first-order valence-corrected chi connectivity index (χ1v) is 15.5. The van der Waals surface area contributed by atoms with Gasteiger partial charge in [-0.3, -0.25) is 4.79 Å². The van der Waals surface area contributed by atoms with Gasteiger partial charge in [-0.05, 0) is 58.5 Å². The van der Waals surface area contributed by atoms with E-state index in [1.165, 1.54) is 22.9 Å². The number of likely N-dealkylation sites (tertiary alicyclic amines) is 1. The third-order valence-corrected chi connectivity index (χ3v) is 10.1. The average Bonchev–Trinajstić information content (AvgIpc) is 3.46. The lowest BCUT2D eigenvalue weighted by Gasteiger charge is -2.52. The normalized spacial score (nSPS) is 19.7. The number of nitrogens with zero attached hydrogens (tertiary/aromatic N) is 8. The molecule has 14 heteroatoms. The summed E-state index contributed by atoms with van der Waals surface area (Å²) in [5.41, 5.74) is -1.49. The molecule has 47 heavy (non-hydrogen) atoms. The highest BCUT2D eigenvalue weighted by atomic mass is 35.5. The van der Waals surface area contributed by atoms with Crippen LogP contribution in [0, 0.1) is 24.1 Å². The van der Waals surface area contributed by atoms with Crippen molar-refractivity contribution in [3.05, 3.63) is 58.9 Å². The standard InChI is InChI=1S/C33H33ClF4N8O/c1-6-24(47)45-13-11-20(14-19(45)10-12-39)46-30-22-15-23(33(36,37)38)25(21-9-7-8-18(2)26(21)34)27(35)28(22)40-31(29(30)41-42-46)44-16-32(3,17-44)43(4)5/h6-9,15,19-20H,1,10-11,13-14,16-17H2,2-5H3/t19-,20+/m1/s1. The van der Waals surface area contributed by atoms with Gasteiger partial charge in [0.25, 0.3) is 0 Å². The number of benzene rings is 2. The van der Waals surface area contributed by atoms with Crippen LogP contribution in [-0.4, -0.2) is 81.0 Å². The van der Waals surface area contributed by atoms with Crippen molar-refractivity contribution in [2.75, 3.05) is 38.6 Å². The van der Waals surface area contributed by atoms with E-state index in [0.717, 1.165) is 6.07 Å². The lowest BCUT2D eigenvalue weighted by Crippen LogP contribution is -2.67. The molecule has 246 valence electrons. The van der Waals surface area contributed by atoms with Crippen molar-refractivity contribution in [3.8, 4) is 17.2 Å². The number of alkyl halides is 3. The van der Waals surface area contributed by atoms with Crippen molar-refractivity contribution < 1.29 is 22.4 Å². The molecule has 2 saturated heterocycles. The van der Waals surface area contributed by atoms with Gasteiger partial charge in [0, 0.05) is 42.2 Å². The molecule has 0 radical (unpaired) electrons. The van der Waals surface area contributed by atoms with Crippen LogP contribution in [0.2, 0.25) is 5.02 Å². The van der Waals surface area contributed by atoms with Crippen LogP contribution in [-0.2, 0) is 11.0 Å². The summed E-state index contributed by atoms with van der Waals surface area (Å²) in [7, 11) is 3.91. The molecule has 2 atom stereocenters. The summed E-state index contributed by atoms with van der Waals surface area (Å²) in [5.74, 6) is -1.15. The van der Waals surface area contributed by atoms with E-state index in [0.29, 0.717) is 37.3 Å². The van der Waals surface area contributed by atoms with Gasteiger partial charge < -0.3 is 14.7 Å². The number of aryl methyl sites for hydroxylation is 1. The predicted molar refractivity (Wildman–Crippen MR) is 171 cm³/mol. The molecule has 0 aliphatic carbocycles. The van der Waals surface area contributed by atoms with Gasteiger partial charge >= 0.3 is 6.18 Å². The van der Waals surface area contributed by atoms with Crippen LogP contribution < -0.4 is 4.90 Å². The minimum absolute atomic E-state index is 0.0121. The molecule has 9 nitrogen and oxygen atoms in total. The Hall–Kier alpha value is -4.28. The number of fused-ring (bicyclic) bond motifs is 3. The highest BCUT2D eigenvalue weighted by Gasteiger charge is 2.44. The third-order valence-electron chi connectivity index (χ3n) is 9.65. The van der Waals surface area contributed by atoms with Crippen molar-refractivity contribution in [1.29, 1.82) is 5.26 Å². The molecule has 2 aliphatic heterocycles. The summed E-state index contributed by atoms with van der Waals surface area (Å²) in [5, 5.41) is 18.3. The molecule has 0 bridgehead atoms. The van der Waals surface area contributed by atoms with Gasteiger partial charge in [-0.1, -0.05) is 41.6 Å². The fraction of sp³-hybridized carbons (Fsp3) is 0.424. The summed E-state index contributed by atoms with van der Waals surface area (Å²) in [4.78, 5) is 22.8. The van der Waals surface area contributed by atoms with E-state index in [1.54, 1.807) is 17.9 Å². The van der Waals surface area contributed by atoms with Crippen molar-refractivity contribution in [1.82, 2.24) is 29.8 Å². The molecular formula is C33H33ClF4N8O. The van der Waals surface area contributed by atoms with Gasteiger partial charge in [-0.15, -0.1) is 5.10 Å². The Kier molecular flexibility index (Phi) is 8.17. The number of halogens is 5. The van der Waals surface area contributed by atoms with E-state index in [-0.39, 0.29) is 56.9 Å². The van der Waals surface area contributed by atoms with E-state index < -0.39 is 35.2 Å². The molecule has 2 aliphatic rings. The topological polar surface area (TPSA) is 94.2 Å². The summed E-state index contributed by atoms with van der Waals surface area (Å²) in [6.45, 7) is 8.58. The zero-order valence-corrected chi connectivity index (χ0v) is 27.1. The van der Waals surface area contributed by atoms with E-state index in [9.17, 15) is 23.2 Å². The number of carbonyl (C=O) groups excluding carboxylic acids is 1. The fourth-order valence-corrected chi connectivity index (χ4v) is 6.97. The minimum Gasteiger partial charge on any atom is -0.351 e. The van der Waals surface area contributed by atoms with Crippen molar-refractivity contribution >= 4 is 45.3 Å². The SMILES string of the molecule is C=CC(=O)N1CC[C@H](n2nnc3c(N4CC(C)(N(C)C)C4)nc4c(F)c(-c5cccc(C)c5Cl)c(C(F)(F)F)cc4c32)C[C@H]1CC#N. The number of anilines is 1. The lowest BCUT2D eigenvalue weighted by atomic mass is 9.90. The number of hydrogen-bond donors (Lipinski definition) is 0. The first kappa shape index (κ1) is 32.7. The lowest BCUT2D eigenvalue weighted by molar-refractivity contribution is -0.137. The number of amides is 1. The van der Waals surface area contributed by atoms with Crippen LogP contribution >= 0.6 is 11.6 Å². The molecule has 0 saturated carbocycles. The molecule has 0 N–H and O–H groups in total. The molecular weight excluding hydrogens is 636 g/mol. The molecule has 2 aromatic carbocycles. The molecule has 0 spiro atoms. The fourth-order valence-electron chi connectivity index (χ4n) is 6.75. The Morgan fingerprint density at radius 1 is 1.28 bits per heavy atom. The molecule has 0 unspecified atom stereocenters. The van der Waals surface area contributed by atoms with Crippen molar-refractivity contribution in [2.45, 2.75) is 56.9 Å². The minimum atomic E-state index is -4.94. The average molecular weight is 669 g/mol. The number of rotatable bonds is 6. The second kappa shape index (κ2) is 11.8. The van der Waals surface area contributed by atoms with Gasteiger partial charge in [-0.25, -0.2) is 14.1 Å². The maximum Gasteiger partial charge on any atom is 0.417 e. The quantitative estimate of drug-likeness (QED) is 0.170. The van der Waals surface area contributed by atoms with E-state index in [2.05, 4.69) is 39.8 Å². The molecule has 1 amide bonds. The second-order valence-electron chi connectivity index (χ2n) is 12.8. The molecule has 6 rings (SSSR count). The number of carbonyl (C=O) groups is 1. The highest BCUT2D eigenvalue weighted by molar-refractivity contribution is 6.34. The number of aromatic nitrogens is 4. The summed E-state index contributed by atoms with van der Waals surface area (Å²) in [6, 6.07) is 6.64. The van der Waals surface area contributed by atoms with Gasteiger partial charge in [0.05, 0.1) is 34.7 Å². The predicted octanol–water partition coefficient (Wildman–Crippen LogP) is 6.54. The van der Waals surface area contributed by atoms with E-state index >= 15 is 4.39 Å². The first-order chi connectivity index (χ1) is 22.2. The highest BCUT2D eigenvalue weighted by Crippen LogP contribution is 2.47. The number of pyridine rings is 1. The summed E-state index contributed by atoms with van der Waals surface area (Å²) in [6.07, 6.45) is -3.04. The van der Waals surface area contributed by atoms with Crippen LogP contribution in [0.25, 0.3) is 33.1 Å². The zero-order chi connectivity index (χ0) is 34.0. The smallest absolute Gasteiger partial charge is 0.351 e. The zero-order valence-electron chi connectivity index (χ0n) is 26.4. The van der Waals surface area contributed by atoms with E-state index in [1.807, 2.05) is 19.0 Å². The molecule has 2 aromatic heterocycles. The Morgan fingerprint density at radius 3 is 2.64 bits per heavy atom. The van der Waals surface area contributed by atoms with Gasteiger partial charge in [0.15, 0.2) is 17.2 Å². The third kappa shape index (κ3) is 5.37. The maximum atomic E-state index is 16.9. The van der Waals surface area contributed by atoms with Crippen molar-refractivity contribution in [3.63, 3.8) is 0 Å². The van der Waals surface area contributed by atoms with Crippen LogP contribution in [0.15, 0.2) is 36.9 Å². The summed E-state index contributed by atoms with van der Waals surface area (Å²) >= 11 is 6.49. The Labute approximate surface area is 274 Å². The largest absolute Gasteiger partial charge is 0.417 e. The van der Waals surface area contributed by atoms with Crippen molar-refractivity contribution in [2.24, 2.45) is 0 Å². The van der Waals surface area contributed by atoms with Gasteiger partial charge in [0.2, 0.25) is 5.91 Å². The Morgan fingerprint density at radius 2 is 2.00 bits per heavy atom. The Balaban J connectivity index is 1.62. The van der Waals surface area contributed by atoms with Crippen LogP contribution in [0.3, 0.4) is 0 Å². The number of likely N-dealkylation sites (N-methyl/N-ethyl adjacent to an activating group) is 1. The number of hydrogen-bond acceptors (Lipinski definition) is 7. The molecule has 2 fully saturated rings. The van der Waals surface area contributed by atoms with Gasteiger partial charge in [-0.2, -0.15) is 18.4 Å². The second-order valence-corrected chi connectivity index (χ2v) is 13.2. The molecule has 4 heterocycles. The molecule has 4 aromatic rings. The van der Waals surface area contributed by atoms with E-state index in [4.69, 9.17) is 11.6 Å². The van der Waals surface area contributed by atoms with Crippen LogP contribution in [0.1, 0.15) is 43.4 Å².